The summed E-state index contributed by atoms with van der Waals surface area (Å²) in [6.45, 7) is 1.28. The van der Waals surface area contributed by atoms with Gasteiger partial charge < -0.3 is 28.9 Å². The van der Waals surface area contributed by atoms with Crippen LogP contribution in [0.25, 0.3) is 22.2 Å². The van der Waals surface area contributed by atoms with Crippen molar-refractivity contribution in [1.82, 2.24) is 9.88 Å². The Morgan fingerprint density at radius 2 is 1.66 bits per heavy atom. The van der Waals surface area contributed by atoms with E-state index in [9.17, 15) is 0 Å². The summed E-state index contributed by atoms with van der Waals surface area (Å²) in [4.78, 5) is 11.2. The SMILES string of the molecule is COc1ccc2[nH]c3c(c2c1)C(=NOCCN(C)C)c1cc(OC)c(OC)cc1-3. The van der Waals surface area contributed by atoms with Crippen LogP contribution < -0.4 is 14.2 Å². The summed E-state index contributed by atoms with van der Waals surface area (Å²) >= 11 is 0. The van der Waals surface area contributed by atoms with Crippen molar-refractivity contribution in [3.05, 3.63) is 41.5 Å². The van der Waals surface area contributed by atoms with Crippen LogP contribution in [0.5, 0.6) is 17.2 Å². The molecule has 1 heterocycles. The Hall–Kier alpha value is -3.19. The molecular formula is C22H25N3O4. The number of H-pyrrole nitrogens is 1. The lowest BCUT2D eigenvalue weighted by molar-refractivity contribution is 0.126. The predicted octanol–water partition coefficient (Wildman–Crippen LogP) is 3.50. The first-order valence-electron chi connectivity index (χ1n) is 9.39. The standard InChI is InChI=1S/C22H25N3O4/c1-25(2)8-9-29-24-22-15-12-19(28-5)18(27-4)11-14(15)21-20(22)16-10-13(26-3)6-7-17(16)23-21/h6-7,10-12,23H,8-9H2,1-5H3. The van der Waals surface area contributed by atoms with Crippen LogP contribution in [0.2, 0.25) is 0 Å². The number of hydrogen-bond acceptors (Lipinski definition) is 6. The maximum absolute atomic E-state index is 5.68. The molecule has 0 saturated heterocycles. The molecule has 1 aliphatic carbocycles. The smallest absolute Gasteiger partial charge is 0.161 e. The largest absolute Gasteiger partial charge is 0.497 e. The molecule has 4 rings (SSSR count). The van der Waals surface area contributed by atoms with Crippen LogP contribution in [0.15, 0.2) is 35.5 Å². The van der Waals surface area contributed by atoms with Gasteiger partial charge in [-0.1, -0.05) is 5.16 Å². The van der Waals surface area contributed by atoms with Crippen molar-refractivity contribution in [2.45, 2.75) is 0 Å². The third-order valence-corrected chi connectivity index (χ3v) is 5.08. The highest BCUT2D eigenvalue weighted by Gasteiger charge is 2.32. The topological polar surface area (TPSA) is 68.3 Å². The third kappa shape index (κ3) is 3.27. The van der Waals surface area contributed by atoms with Gasteiger partial charge in [0.2, 0.25) is 0 Å². The van der Waals surface area contributed by atoms with E-state index in [0.29, 0.717) is 18.1 Å². The van der Waals surface area contributed by atoms with Gasteiger partial charge >= 0.3 is 0 Å². The Morgan fingerprint density at radius 3 is 2.31 bits per heavy atom. The van der Waals surface area contributed by atoms with Gasteiger partial charge in [-0.15, -0.1) is 0 Å². The van der Waals surface area contributed by atoms with Gasteiger partial charge in [0.05, 0.1) is 27.0 Å². The van der Waals surface area contributed by atoms with E-state index < -0.39 is 0 Å². The van der Waals surface area contributed by atoms with E-state index in [-0.39, 0.29) is 0 Å². The zero-order valence-corrected chi connectivity index (χ0v) is 17.3. The average Bonchev–Trinajstić information content (AvgIpc) is 3.24. The minimum Gasteiger partial charge on any atom is -0.497 e. The van der Waals surface area contributed by atoms with E-state index in [4.69, 9.17) is 19.0 Å². The number of oxime groups is 1. The van der Waals surface area contributed by atoms with Crippen molar-refractivity contribution in [3.8, 4) is 28.5 Å². The summed E-state index contributed by atoms with van der Waals surface area (Å²) in [5, 5.41) is 5.55. The van der Waals surface area contributed by atoms with Gasteiger partial charge in [0, 0.05) is 34.1 Å². The fourth-order valence-corrected chi connectivity index (χ4v) is 3.59. The third-order valence-electron chi connectivity index (χ3n) is 5.08. The van der Waals surface area contributed by atoms with Crippen LogP contribution in [0, 0.1) is 0 Å². The fourth-order valence-electron chi connectivity index (χ4n) is 3.59. The van der Waals surface area contributed by atoms with E-state index in [1.807, 2.05) is 44.4 Å². The molecule has 0 radical (unpaired) electrons. The number of hydrogen-bond donors (Lipinski definition) is 1. The number of fused-ring (bicyclic) bond motifs is 5. The number of aromatic nitrogens is 1. The van der Waals surface area contributed by atoms with Crippen LogP contribution in [-0.2, 0) is 4.84 Å². The Bertz CT molecular complexity index is 1090. The zero-order chi connectivity index (χ0) is 20.5. The van der Waals surface area contributed by atoms with Crippen molar-refractivity contribution in [2.75, 3.05) is 48.6 Å². The predicted molar refractivity (Wildman–Crippen MR) is 114 cm³/mol. The summed E-state index contributed by atoms with van der Waals surface area (Å²) in [5.41, 5.74) is 5.71. The summed E-state index contributed by atoms with van der Waals surface area (Å²) in [6.07, 6.45) is 0. The molecule has 29 heavy (non-hydrogen) atoms. The molecule has 0 aliphatic heterocycles. The zero-order valence-electron chi connectivity index (χ0n) is 17.3. The molecule has 0 saturated carbocycles. The molecule has 0 bridgehead atoms. The van der Waals surface area contributed by atoms with E-state index >= 15 is 0 Å². The molecule has 3 aromatic rings. The van der Waals surface area contributed by atoms with Crippen LogP contribution in [0.4, 0.5) is 0 Å². The first kappa shape index (κ1) is 19.1. The second kappa shape index (κ2) is 7.67. The quantitative estimate of drug-likeness (QED) is 0.383. The summed E-state index contributed by atoms with van der Waals surface area (Å²) in [6, 6.07) is 9.88. The molecule has 1 N–H and O–H groups in total. The normalized spacial score (nSPS) is 13.7. The van der Waals surface area contributed by atoms with E-state index in [0.717, 1.165) is 51.3 Å². The molecule has 2 aromatic carbocycles. The lowest BCUT2D eigenvalue weighted by atomic mass is 10.1. The molecule has 1 aliphatic rings. The molecule has 152 valence electrons. The number of nitrogens with one attached hydrogen (secondary N) is 1. The van der Waals surface area contributed by atoms with Gasteiger partial charge in [-0.2, -0.15) is 0 Å². The molecule has 0 atom stereocenters. The number of methoxy groups -OCH3 is 3. The highest BCUT2D eigenvalue weighted by atomic mass is 16.6. The van der Waals surface area contributed by atoms with Crippen molar-refractivity contribution in [2.24, 2.45) is 5.16 Å². The number of aromatic amines is 1. The van der Waals surface area contributed by atoms with E-state index in [2.05, 4.69) is 15.0 Å². The molecule has 0 amide bonds. The van der Waals surface area contributed by atoms with Gasteiger partial charge in [-0.3, -0.25) is 0 Å². The molecule has 1 aromatic heterocycles. The van der Waals surface area contributed by atoms with Crippen molar-refractivity contribution < 1.29 is 19.0 Å². The molecule has 0 spiro atoms. The monoisotopic (exact) mass is 395 g/mol. The molecule has 7 heteroatoms. The summed E-state index contributed by atoms with van der Waals surface area (Å²) < 4.78 is 16.5. The fraction of sp³-hybridized carbons (Fsp3) is 0.318. The highest BCUT2D eigenvalue weighted by molar-refractivity contribution is 6.30. The Morgan fingerprint density at radius 1 is 0.931 bits per heavy atom. The Labute approximate surface area is 169 Å². The van der Waals surface area contributed by atoms with Crippen LogP contribution >= 0.6 is 0 Å². The molecular weight excluding hydrogens is 370 g/mol. The minimum absolute atomic E-state index is 0.500. The molecule has 0 unspecified atom stereocenters. The van der Waals surface area contributed by atoms with Crippen molar-refractivity contribution >= 4 is 16.6 Å². The second-order valence-corrected chi connectivity index (χ2v) is 7.12. The molecule has 0 fully saturated rings. The average molecular weight is 395 g/mol. The van der Waals surface area contributed by atoms with Crippen molar-refractivity contribution in [3.63, 3.8) is 0 Å². The lowest BCUT2D eigenvalue weighted by Gasteiger charge is -2.11. The summed E-state index contributed by atoms with van der Waals surface area (Å²) in [5.74, 6) is 2.11. The van der Waals surface area contributed by atoms with Gasteiger partial charge in [-0.05, 0) is 44.4 Å². The van der Waals surface area contributed by atoms with E-state index in [1.165, 1.54) is 0 Å². The minimum atomic E-state index is 0.500. The van der Waals surface area contributed by atoms with Gasteiger partial charge in [-0.25, -0.2) is 0 Å². The number of benzene rings is 2. The van der Waals surface area contributed by atoms with E-state index in [1.54, 1.807) is 21.3 Å². The Balaban J connectivity index is 1.89. The summed E-state index contributed by atoms with van der Waals surface area (Å²) in [7, 11) is 8.93. The lowest BCUT2D eigenvalue weighted by Crippen LogP contribution is -2.17. The maximum atomic E-state index is 5.68. The van der Waals surface area contributed by atoms with Gasteiger partial charge in [0.1, 0.15) is 18.1 Å². The first-order chi connectivity index (χ1) is 14.1. The number of rotatable bonds is 7. The number of likely N-dealkylation sites (N-methyl/N-ethyl adjacent to an activating group) is 1. The number of ether oxygens (including phenoxy) is 3. The van der Waals surface area contributed by atoms with Gasteiger partial charge in [0.25, 0.3) is 0 Å². The molecule has 7 nitrogen and oxygen atoms in total. The first-order valence-corrected chi connectivity index (χ1v) is 9.39. The Kier molecular flexibility index (Phi) is 5.07. The van der Waals surface area contributed by atoms with Crippen LogP contribution in [0.3, 0.4) is 0 Å². The second-order valence-electron chi connectivity index (χ2n) is 7.12. The van der Waals surface area contributed by atoms with Crippen molar-refractivity contribution in [1.29, 1.82) is 0 Å². The van der Waals surface area contributed by atoms with Crippen LogP contribution in [0.1, 0.15) is 11.1 Å². The number of nitrogens with zero attached hydrogens (tertiary/aromatic N) is 2. The van der Waals surface area contributed by atoms with Crippen LogP contribution in [-0.4, -0.2) is 64.2 Å². The maximum Gasteiger partial charge on any atom is 0.161 e. The highest BCUT2D eigenvalue weighted by Crippen LogP contribution is 2.45. The van der Waals surface area contributed by atoms with Gasteiger partial charge in [0.15, 0.2) is 11.5 Å².